The highest BCUT2D eigenvalue weighted by Gasteiger charge is 1.95. The van der Waals surface area contributed by atoms with Gasteiger partial charge in [-0.3, -0.25) is 9.97 Å². The van der Waals surface area contributed by atoms with Crippen LogP contribution in [0.5, 0.6) is 5.75 Å². The van der Waals surface area contributed by atoms with Crippen molar-refractivity contribution in [2.45, 2.75) is 13.0 Å². The molecule has 0 fully saturated rings. The van der Waals surface area contributed by atoms with Gasteiger partial charge in [-0.1, -0.05) is 6.07 Å². The second kappa shape index (κ2) is 5.96. The fourth-order valence-electron chi connectivity index (χ4n) is 1.52. The Morgan fingerprint density at radius 2 is 2.12 bits per heavy atom. The van der Waals surface area contributed by atoms with Gasteiger partial charge in [0.05, 0.1) is 11.9 Å². The number of hydrogen-bond acceptors (Lipinski definition) is 4. The first-order chi connectivity index (χ1) is 8.34. The first kappa shape index (κ1) is 11.5. The maximum absolute atomic E-state index is 9.09. The fraction of sp³-hybridized carbons (Fsp3) is 0.231. The fourth-order valence-corrected chi connectivity index (χ4v) is 1.52. The summed E-state index contributed by atoms with van der Waals surface area (Å²) < 4.78 is 0. The minimum atomic E-state index is 0.198. The second-order valence-electron chi connectivity index (χ2n) is 3.80. The van der Waals surface area contributed by atoms with E-state index in [1.54, 1.807) is 12.3 Å². The van der Waals surface area contributed by atoms with Gasteiger partial charge in [0.15, 0.2) is 0 Å². The highest BCUT2D eigenvalue weighted by Crippen LogP contribution is 2.05. The summed E-state index contributed by atoms with van der Waals surface area (Å²) in [7, 11) is 0. The van der Waals surface area contributed by atoms with Gasteiger partial charge in [0.1, 0.15) is 5.75 Å². The lowest BCUT2D eigenvalue weighted by molar-refractivity contribution is 0.471. The molecule has 2 aromatic rings. The molecule has 0 unspecified atom stereocenters. The molecule has 4 heteroatoms. The maximum atomic E-state index is 9.09. The van der Waals surface area contributed by atoms with Gasteiger partial charge in [-0.2, -0.15) is 0 Å². The van der Waals surface area contributed by atoms with Crippen molar-refractivity contribution in [3.8, 4) is 5.75 Å². The number of nitrogens with one attached hydrogen (secondary N) is 1. The van der Waals surface area contributed by atoms with E-state index in [2.05, 4.69) is 21.4 Å². The van der Waals surface area contributed by atoms with Crippen LogP contribution in [0.3, 0.4) is 0 Å². The van der Waals surface area contributed by atoms with E-state index in [9.17, 15) is 0 Å². The molecule has 17 heavy (non-hydrogen) atoms. The second-order valence-corrected chi connectivity index (χ2v) is 3.80. The Balaban J connectivity index is 1.71. The average Bonchev–Trinajstić information content (AvgIpc) is 2.38. The van der Waals surface area contributed by atoms with E-state index in [1.165, 1.54) is 11.8 Å². The zero-order valence-electron chi connectivity index (χ0n) is 9.50. The third-order valence-electron chi connectivity index (χ3n) is 2.43. The van der Waals surface area contributed by atoms with Crippen LogP contribution in [-0.4, -0.2) is 21.6 Å². The van der Waals surface area contributed by atoms with E-state index in [0.29, 0.717) is 6.54 Å². The predicted octanol–water partition coefficient (Wildman–Crippen LogP) is 1.51. The van der Waals surface area contributed by atoms with Gasteiger partial charge in [0.25, 0.3) is 0 Å². The third-order valence-corrected chi connectivity index (χ3v) is 2.43. The molecule has 2 aromatic heterocycles. The molecule has 2 rings (SSSR count). The molecule has 0 saturated heterocycles. The van der Waals surface area contributed by atoms with Crippen LogP contribution >= 0.6 is 0 Å². The van der Waals surface area contributed by atoms with Gasteiger partial charge >= 0.3 is 0 Å². The van der Waals surface area contributed by atoms with E-state index < -0.39 is 0 Å². The van der Waals surface area contributed by atoms with Crippen LogP contribution in [0, 0.1) is 0 Å². The van der Waals surface area contributed by atoms with Crippen molar-refractivity contribution < 1.29 is 5.11 Å². The van der Waals surface area contributed by atoms with Crippen molar-refractivity contribution >= 4 is 0 Å². The van der Waals surface area contributed by atoms with Gasteiger partial charge in [-0.05, 0) is 36.7 Å². The number of rotatable bonds is 5. The lowest BCUT2D eigenvalue weighted by Gasteiger charge is -2.04. The summed E-state index contributed by atoms with van der Waals surface area (Å²) in [5.41, 5.74) is 2.15. The Hall–Kier alpha value is -1.94. The molecule has 2 heterocycles. The predicted molar refractivity (Wildman–Crippen MR) is 65.5 cm³/mol. The summed E-state index contributed by atoms with van der Waals surface area (Å²) in [5, 5.41) is 12.4. The van der Waals surface area contributed by atoms with E-state index >= 15 is 0 Å². The molecule has 4 nitrogen and oxygen atoms in total. The van der Waals surface area contributed by atoms with Gasteiger partial charge in [-0.25, -0.2) is 0 Å². The van der Waals surface area contributed by atoms with Crippen molar-refractivity contribution in [2.24, 2.45) is 0 Å². The molecule has 0 aliphatic rings. The first-order valence-corrected chi connectivity index (χ1v) is 5.58. The van der Waals surface area contributed by atoms with Crippen LogP contribution in [0.15, 0.2) is 42.9 Å². The Kier molecular flexibility index (Phi) is 4.05. The lowest BCUT2D eigenvalue weighted by Crippen LogP contribution is -2.17. The molecule has 88 valence electrons. The van der Waals surface area contributed by atoms with Crippen molar-refractivity contribution in [1.29, 1.82) is 0 Å². The average molecular weight is 229 g/mol. The Bertz CT molecular complexity index is 442. The molecular weight excluding hydrogens is 214 g/mol. The van der Waals surface area contributed by atoms with Gasteiger partial charge in [0, 0.05) is 18.9 Å². The summed E-state index contributed by atoms with van der Waals surface area (Å²) in [5.74, 6) is 0.198. The van der Waals surface area contributed by atoms with Gasteiger partial charge in [0.2, 0.25) is 0 Å². The molecule has 0 aliphatic carbocycles. The van der Waals surface area contributed by atoms with Crippen LogP contribution in [-0.2, 0) is 13.0 Å². The molecule has 0 amide bonds. The number of hydrogen-bond donors (Lipinski definition) is 2. The maximum Gasteiger partial charge on any atom is 0.133 e. The highest BCUT2D eigenvalue weighted by atomic mass is 16.3. The Morgan fingerprint density at radius 1 is 1.18 bits per heavy atom. The SMILES string of the molecule is Oc1ccc(CNCCc2cccnc2)nc1. The molecule has 0 saturated carbocycles. The van der Waals surface area contributed by atoms with E-state index in [0.717, 1.165) is 18.7 Å². The zero-order valence-corrected chi connectivity index (χ0v) is 9.50. The number of aromatic nitrogens is 2. The molecule has 0 radical (unpaired) electrons. The molecule has 0 spiro atoms. The molecule has 0 aromatic carbocycles. The molecule has 0 aliphatic heterocycles. The summed E-state index contributed by atoms with van der Waals surface area (Å²) in [6.07, 6.45) is 6.06. The summed E-state index contributed by atoms with van der Waals surface area (Å²) in [6, 6.07) is 7.46. The van der Waals surface area contributed by atoms with Crippen molar-refractivity contribution in [3.63, 3.8) is 0 Å². The topological polar surface area (TPSA) is 58.0 Å². The normalized spacial score (nSPS) is 10.4. The summed E-state index contributed by atoms with van der Waals surface area (Å²) in [6.45, 7) is 1.59. The molecule has 0 bridgehead atoms. The van der Waals surface area contributed by atoms with Crippen LogP contribution in [0.2, 0.25) is 0 Å². The van der Waals surface area contributed by atoms with Crippen LogP contribution in [0.25, 0.3) is 0 Å². The smallest absolute Gasteiger partial charge is 0.133 e. The van der Waals surface area contributed by atoms with Crippen LogP contribution < -0.4 is 5.32 Å². The monoisotopic (exact) mass is 229 g/mol. The molecular formula is C13H15N3O. The third kappa shape index (κ3) is 3.85. The summed E-state index contributed by atoms with van der Waals surface area (Å²) in [4.78, 5) is 8.16. The van der Waals surface area contributed by atoms with E-state index in [-0.39, 0.29) is 5.75 Å². The molecule has 2 N–H and O–H groups in total. The quantitative estimate of drug-likeness (QED) is 0.763. The Labute approximate surface area is 100 Å². The minimum absolute atomic E-state index is 0.198. The lowest BCUT2D eigenvalue weighted by atomic mass is 10.2. The van der Waals surface area contributed by atoms with E-state index in [1.807, 2.05) is 18.3 Å². The number of aromatic hydroxyl groups is 1. The first-order valence-electron chi connectivity index (χ1n) is 5.58. The standard InChI is InChI=1S/C13H15N3O/c17-13-4-3-12(16-10-13)9-15-7-5-11-2-1-6-14-8-11/h1-4,6,8,10,15,17H,5,7,9H2. The van der Waals surface area contributed by atoms with Crippen LogP contribution in [0.1, 0.15) is 11.3 Å². The number of nitrogens with zero attached hydrogens (tertiary/aromatic N) is 2. The van der Waals surface area contributed by atoms with E-state index in [4.69, 9.17) is 5.11 Å². The van der Waals surface area contributed by atoms with Crippen molar-refractivity contribution in [1.82, 2.24) is 15.3 Å². The minimum Gasteiger partial charge on any atom is -0.506 e. The van der Waals surface area contributed by atoms with Crippen LogP contribution in [0.4, 0.5) is 0 Å². The zero-order chi connectivity index (χ0) is 11.9. The molecule has 0 atom stereocenters. The Morgan fingerprint density at radius 3 is 2.82 bits per heavy atom. The summed E-state index contributed by atoms with van der Waals surface area (Å²) >= 11 is 0. The van der Waals surface area contributed by atoms with Crippen molar-refractivity contribution in [2.75, 3.05) is 6.54 Å². The van der Waals surface area contributed by atoms with Gasteiger partial charge in [-0.15, -0.1) is 0 Å². The van der Waals surface area contributed by atoms with Crippen molar-refractivity contribution in [3.05, 3.63) is 54.1 Å². The number of pyridine rings is 2. The van der Waals surface area contributed by atoms with Gasteiger partial charge < -0.3 is 10.4 Å². The largest absolute Gasteiger partial charge is 0.506 e. The highest BCUT2D eigenvalue weighted by molar-refractivity contribution is 5.17.